The zero-order valence-electron chi connectivity index (χ0n) is 29.5. The number of hydrogen-bond donors (Lipinski definition) is 0. The summed E-state index contributed by atoms with van der Waals surface area (Å²) >= 11 is 0. The first-order valence-corrected chi connectivity index (χ1v) is 18.5. The van der Waals surface area contributed by atoms with Gasteiger partial charge in [0.25, 0.3) is 0 Å². The van der Waals surface area contributed by atoms with Crippen molar-refractivity contribution in [2.45, 2.75) is 0 Å². The predicted molar refractivity (Wildman–Crippen MR) is 225 cm³/mol. The molecule has 55 heavy (non-hydrogen) atoms. The lowest BCUT2D eigenvalue weighted by Gasteiger charge is -2.19. The van der Waals surface area contributed by atoms with E-state index in [1.807, 2.05) is 48.5 Å². The van der Waals surface area contributed by atoms with Crippen molar-refractivity contribution >= 4 is 65.0 Å². The molecule has 0 unspecified atom stereocenters. The van der Waals surface area contributed by atoms with E-state index in [9.17, 15) is 0 Å². The molecule has 11 aromatic rings. The van der Waals surface area contributed by atoms with Gasteiger partial charge in [-0.05, 0) is 107 Å². The topological polar surface area (TPSA) is 13.1 Å². The van der Waals surface area contributed by atoms with E-state index in [4.69, 9.17) is 4.42 Å². The summed E-state index contributed by atoms with van der Waals surface area (Å²) in [5.41, 5.74) is 8.77. The van der Waals surface area contributed by atoms with Crippen molar-refractivity contribution < 1.29 is 13.2 Å². The molecule has 1 nitrogen and oxygen atoms in total. The van der Waals surface area contributed by atoms with Crippen molar-refractivity contribution in [3.05, 3.63) is 194 Å². The second-order valence-corrected chi connectivity index (χ2v) is 14.1. The molecule has 258 valence electrons. The molecule has 3 heteroatoms. The van der Waals surface area contributed by atoms with Crippen LogP contribution in [0.3, 0.4) is 0 Å². The Morgan fingerprint density at radius 2 is 0.745 bits per heavy atom. The lowest BCUT2D eigenvalue weighted by atomic mass is 9.84. The first kappa shape index (κ1) is 31.4. The maximum absolute atomic E-state index is 15.6. The summed E-state index contributed by atoms with van der Waals surface area (Å²) in [5.74, 6) is -1.18. The van der Waals surface area contributed by atoms with Crippen LogP contribution in [0, 0.1) is 11.6 Å². The minimum Gasteiger partial charge on any atom is -0.456 e. The van der Waals surface area contributed by atoms with E-state index in [1.165, 1.54) is 56.4 Å². The molecule has 1 aromatic heterocycles. The highest BCUT2D eigenvalue weighted by molar-refractivity contribution is 6.27. The van der Waals surface area contributed by atoms with Crippen molar-refractivity contribution in [3.63, 3.8) is 0 Å². The Bertz CT molecular complexity index is 3210. The molecular weight excluding hydrogens is 679 g/mol. The van der Waals surface area contributed by atoms with Gasteiger partial charge in [0.15, 0.2) is 0 Å². The molecule has 1 heterocycles. The number of halogens is 2. The molecular formula is C52H30F2O. The van der Waals surface area contributed by atoms with E-state index < -0.39 is 11.6 Å². The number of benzene rings is 10. The molecule has 0 spiro atoms. The number of rotatable bonds is 4. The zero-order chi connectivity index (χ0) is 36.6. The summed E-state index contributed by atoms with van der Waals surface area (Å²) in [7, 11) is 0. The lowest BCUT2D eigenvalue weighted by Crippen LogP contribution is -1.95. The van der Waals surface area contributed by atoms with Gasteiger partial charge in [0.2, 0.25) is 0 Å². The van der Waals surface area contributed by atoms with Crippen LogP contribution in [0.5, 0.6) is 0 Å². The Labute approximate surface area is 315 Å². The number of furan rings is 1. The molecule has 0 saturated carbocycles. The van der Waals surface area contributed by atoms with Gasteiger partial charge in [0, 0.05) is 16.3 Å². The Morgan fingerprint density at radius 1 is 0.291 bits per heavy atom. The average molecular weight is 709 g/mol. The van der Waals surface area contributed by atoms with Gasteiger partial charge in [0.05, 0.1) is 5.56 Å². The number of hydrogen-bond acceptors (Lipinski definition) is 1. The molecule has 0 aliphatic rings. The van der Waals surface area contributed by atoms with Crippen LogP contribution in [0.1, 0.15) is 0 Å². The second kappa shape index (κ2) is 12.2. The summed E-state index contributed by atoms with van der Waals surface area (Å²) < 4.78 is 37.8. The summed E-state index contributed by atoms with van der Waals surface area (Å²) in [4.78, 5) is 0. The molecule has 11 rings (SSSR count). The van der Waals surface area contributed by atoms with Gasteiger partial charge in [-0.2, -0.15) is 0 Å². The maximum atomic E-state index is 15.6. The van der Waals surface area contributed by atoms with Gasteiger partial charge in [-0.15, -0.1) is 0 Å². The molecule has 0 atom stereocenters. The van der Waals surface area contributed by atoms with Crippen LogP contribution in [0.25, 0.3) is 110 Å². The van der Waals surface area contributed by atoms with Crippen LogP contribution in [0.15, 0.2) is 186 Å². The summed E-state index contributed by atoms with van der Waals surface area (Å²) in [5, 5.41) is 10.1. The average Bonchev–Trinajstić information content (AvgIpc) is 3.61. The van der Waals surface area contributed by atoms with Crippen molar-refractivity contribution in [1.29, 1.82) is 0 Å². The van der Waals surface area contributed by atoms with Crippen LogP contribution in [-0.2, 0) is 0 Å². The fourth-order valence-corrected chi connectivity index (χ4v) is 8.97. The molecule has 0 saturated heterocycles. The standard InChI is InChI=1S/C52H30F2O/c53-43-25-13-26-44(54)52(43)51-39-22-10-8-20-37(39)49(38-21-9-11-23-40(38)51)41-24-12-27-46-50(41)42-30-32(28-29-45(42)55-46)48-35-18-6-4-16-33(35)47(31-14-2-1-3-15-31)34-17-5-7-19-36(34)48/h1-30H. The molecule has 0 aliphatic carbocycles. The highest BCUT2D eigenvalue weighted by atomic mass is 19.1. The van der Waals surface area contributed by atoms with E-state index in [0.29, 0.717) is 5.56 Å². The summed E-state index contributed by atoms with van der Waals surface area (Å²) in [6.07, 6.45) is 0. The first-order valence-electron chi connectivity index (χ1n) is 18.5. The third-order valence-electron chi connectivity index (χ3n) is 11.2. The van der Waals surface area contributed by atoms with Crippen molar-refractivity contribution in [3.8, 4) is 44.5 Å². The molecule has 0 N–H and O–H groups in total. The Balaban J connectivity index is 1.23. The summed E-state index contributed by atoms with van der Waals surface area (Å²) in [6, 6.07) is 60.7. The van der Waals surface area contributed by atoms with Crippen LogP contribution >= 0.6 is 0 Å². The van der Waals surface area contributed by atoms with Crippen LogP contribution in [-0.4, -0.2) is 0 Å². The van der Waals surface area contributed by atoms with Crippen molar-refractivity contribution in [2.24, 2.45) is 0 Å². The molecule has 10 aromatic carbocycles. The highest BCUT2D eigenvalue weighted by Crippen LogP contribution is 2.49. The van der Waals surface area contributed by atoms with E-state index in [-0.39, 0.29) is 5.56 Å². The van der Waals surface area contributed by atoms with E-state index in [2.05, 4.69) is 115 Å². The van der Waals surface area contributed by atoms with E-state index in [1.54, 1.807) is 0 Å². The van der Waals surface area contributed by atoms with Crippen LogP contribution in [0.4, 0.5) is 8.78 Å². The lowest BCUT2D eigenvalue weighted by molar-refractivity contribution is 0.590. The van der Waals surface area contributed by atoms with Gasteiger partial charge in [-0.1, -0.05) is 152 Å². The van der Waals surface area contributed by atoms with Gasteiger partial charge >= 0.3 is 0 Å². The van der Waals surface area contributed by atoms with E-state index >= 15 is 8.78 Å². The Morgan fingerprint density at radius 3 is 1.29 bits per heavy atom. The Hall–Kier alpha value is -7.10. The van der Waals surface area contributed by atoms with Gasteiger partial charge in [0.1, 0.15) is 22.8 Å². The Kier molecular flexibility index (Phi) is 6.99. The maximum Gasteiger partial charge on any atom is 0.136 e. The summed E-state index contributed by atoms with van der Waals surface area (Å²) in [6.45, 7) is 0. The first-order chi connectivity index (χ1) is 27.2. The zero-order valence-corrected chi connectivity index (χ0v) is 29.5. The smallest absolute Gasteiger partial charge is 0.136 e. The van der Waals surface area contributed by atoms with Crippen molar-refractivity contribution in [2.75, 3.05) is 0 Å². The minimum atomic E-state index is -0.588. The highest BCUT2D eigenvalue weighted by Gasteiger charge is 2.24. The van der Waals surface area contributed by atoms with Gasteiger partial charge in [-0.3, -0.25) is 0 Å². The monoisotopic (exact) mass is 708 g/mol. The van der Waals surface area contributed by atoms with Crippen LogP contribution in [0.2, 0.25) is 0 Å². The SMILES string of the molecule is Fc1cccc(F)c1-c1c2ccccc2c(-c2cccc3oc4ccc(-c5c6ccccc6c(-c6ccccc6)c6ccccc56)cc4c23)c2ccccc12. The third kappa shape index (κ3) is 4.70. The van der Waals surface area contributed by atoms with Gasteiger partial charge < -0.3 is 4.42 Å². The predicted octanol–water partition coefficient (Wildman–Crippen LogP) is 15.1. The molecule has 0 fully saturated rings. The van der Waals surface area contributed by atoms with Crippen molar-refractivity contribution in [1.82, 2.24) is 0 Å². The fraction of sp³-hybridized carbons (Fsp3) is 0. The van der Waals surface area contributed by atoms with Crippen LogP contribution < -0.4 is 0 Å². The molecule has 0 aliphatic heterocycles. The van der Waals surface area contributed by atoms with E-state index in [0.717, 1.165) is 60.2 Å². The fourth-order valence-electron chi connectivity index (χ4n) is 8.97. The third-order valence-corrected chi connectivity index (χ3v) is 11.2. The minimum absolute atomic E-state index is 0.0178. The molecule has 0 radical (unpaired) electrons. The van der Waals surface area contributed by atoms with Gasteiger partial charge in [-0.25, -0.2) is 8.78 Å². The molecule has 0 bridgehead atoms. The molecule has 0 amide bonds. The second-order valence-electron chi connectivity index (χ2n) is 14.1. The largest absolute Gasteiger partial charge is 0.456 e. The quantitative estimate of drug-likeness (QED) is 0.166. The number of fused-ring (bicyclic) bond motifs is 7. The normalized spacial score (nSPS) is 11.8.